The monoisotopic (exact) mass is 355 g/mol. The number of carbonyl (C=O) groups is 1. The van der Waals surface area contributed by atoms with Crippen LogP contribution in [0, 0.1) is 0 Å². The molecule has 2 atom stereocenters. The Morgan fingerprint density at radius 1 is 1.29 bits per heavy atom. The Kier molecular flexibility index (Phi) is 6.98. The fraction of sp³-hybridized carbons (Fsp3) is 0.471. The molecule has 1 aromatic carbocycles. The van der Waals surface area contributed by atoms with E-state index in [1.807, 2.05) is 30.3 Å². The number of hydrogen-bond donors (Lipinski definition) is 1. The summed E-state index contributed by atoms with van der Waals surface area (Å²) in [7, 11) is -3.71. The molecule has 0 saturated carbocycles. The minimum absolute atomic E-state index is 0.367. The Morgan fingerprint density at radius 3 is 2.33 bits per heavy atom. The Balaban J connectivity index is 2.97. The van der Waals surface area contributed by atoms with Crippen LogP contribution in [-0.4, -0.2) is 38.5 Å². The first-order valence-electron chi connectivity index (χ1n) is 7.54. The predicted octanol–water partition coefficient (Wildman–Crippen LogP) is 2.65. The lowest BCUT2D eigenvalue weighted by Crippen LogP contribution is -2.47. The second-order valence-electron chi connectivity index (χ2n) is 6.44. The minimum Gasteiger partial charge on any atom is -0.444 e. The molecule has 1 amide bonds. The average molecular weight is 355 g/mol. The van der Waals surface area contributed by atoms with E-state index in [0.29, 0.717) is 6.42 Å². The van der Waals surface area contributed by atoms with Crippen molar-refractivity contribution in [3.05, 3.63) is 48.6 Å². The molecular formula is C17H25NO5S. The van der Waals surface area contributed by atoms with Gasteiger partial charge in [-0.25, -0.2) is 4.79 Å². The number of alkyl carbamates (subject to hydrolysis) is 1. The fourth-order valence-corrected chi connectivity index (χ4v) is 2.67. The van der Waals surface area contributed by atoms with Crippen LogP contribution in [0.4, 0.5) is 4.79 Å². The fourth-order valence-electron chi connectivity index (χ4n) is 2.05. The molecule has 0 fully saturated rings. The van der Waals surface area contributed by atoms with Gasteiger partial charge in [-0.05, 0) is 32.8 Å². The van der Waals surface area contributed by atoms with Crippen LogP contribution in [0.1, 0.15) is 26.3 Å². The Labute approximate surface area is 144 Å². The van der Waals surface area contributed by atoms with Crippen LogP contribution < -0.4 is 5.32 Å². The Hall–Kier alpha value is -1.86. The first-order valence-corrected chi connectivity index (χ1v) is 9.36. The van der Waals surface area contributed by atoms with E-state index < -0.39 is 34.0 Å². The molecule has 6 nitrogen and oxygen atoms in total. The van der Waals surface area contributed by atoms with E-state index in [2.05, 4.69) is 11.9 Å². The van der Waals surface area contributed by atoms with E-state index in [-0.39, 0.29) is 0 Å². The predicted molar refractivity (Wildman–Crippen MR) is 93.2 cm³/mol. The van der Waals surface area contributed by atoms with Gasteiger partial charge in [0, 0.05) is 0 Å². The topological polar surface area (TPSA) is 81.7 Å². The lowest BCUT2D eigenvalue weighted by atomic mass is 10.0. The molecule has 0 bridgehead atoms. The summed E-state index contributed by atoms with van der Waals surface area (Å²) in [4.78, 5) is 12.1. The molecule has 0 saturated heterocycles. The van der Waals surface area contributed by atoms with Gasteiger partial charge in [0.15, 0.2) is 0 Å². The van der Waals surface area contributed by atoms with Gasteiger partial charge in [-0.15, -0.1) is 6.58 Å². The van der Waals surface area contributed by atoms with Gasteiger partial charge < -0.3 is 10.1 Å². The number of ether oxygens (including phenoxy) is 1. The molecule has 0 aromatic heterocycles. The zero-order valence-electron chi connectivity index (χ0n) is 14.5. The van der Waals surface area contributed by atoms with Crippen molar-refractivity contribution in [1.82, 2.24) is 5.32 Å². The third-order valence-corrected chi connectivity index (χ3v) is 3.49. The maximum Gasteiger partial charge on any atom is 0.407 e. The SMILES string of the molecule is C=C[C@H](OS(C)(=O)=O)[C@H](Cc1ccccc1)NC(=O)OC(C)(C)C. The molecule has 0 heterocycles. The molecule has 0 aliphatic carbocycles. The van der Waals surface area contributed by atoms with Crippen LogP contribution in [0.25, 0.3) is 0 Å². The second kappa shape index (κ2) is 8.30. The second-order valence-corrected chi connectivity index (χ2v) is 8.04. The normalized spacial score (nSPS) is 14.5. The average Bonchev–Trinajstić information content (AvgIpc) is 2.42. The van der Waals surface area contributed by atoms with Crippen LogP contribution in [0.15, 0.2) is 43.0 Å². The summed E-state index contributed by atoms with van der Waals surface area (Å²) in [6, 6.07) is 8.71. The van der Waals surface area contributed by atoms with Gasteiger partial charge in [0.05, 0.1) is 12.3 Å². The largest absolute Gasteiger partial charge is 0.444 e. The summed E-state index contributed by atoms with van der Waals surface area (Å²) in [6.45, 7) is 8.85. The van der Waals surface area contributed by atoms with Crippen LogP contribution in [-0.2, 0) is 25.5 Å². The van der Waals surface area contributed by atoms with E-state index in [9.17, 15) is 13.2 Å². The molecule has 1 aromatic rings. The van der Waals surface area contributed by atoms with Crippen molar-refractivity contribution in [3.8, 4) is 0 Å². The maximum atomic E-state index is 12.1. The third-order valence-electron chi connectivity index (χ3n) is 2.92. The molecule has 134 valence electrons. The van der Waals surface area contributed by atoms with Crippen molar-refractivity contribution in [2.45, 2.75) is 44.9 Å². The van der Waals surface area contributed by atoms with E-state index in [0.717, 1.165) is 11.8 Å². The van der Waals surface area contributed by atoms with Crippen molar-refractivity contribution in [3.63, 3.8) is 0 Å². The summed E-state index contributed by atoms with van der Waals surface area (Å²) in [5.74, 6) is 0. The molecule has 24 heavy (non-hydrogen) atoms. The van der Waals surface area contributed by atoms with Crippen LogP contribution in [0.3, 0.4) is 0 Å². The lowest BCUT2D eigenvalue weighted by molar-refractivity contribution is 0.0468. The molecule has 1 N–H and O–H groups in total. The molecule has 7 heteroatoms. The van der Waals surface area contributed by atoms with Crippen molar-refractivity contribution in [2.24, 2.45) is 0 Å². The van der Waals surface area contributed by atoms with Crippen LogP contribution in [0.5, 0.6) is 0 Å². The van der Waals surface area contributed by atoms with E-state index in [1.165, 1.54) is 6.08 Å². The summed E-state index contributed by atoms with van der Waals surface area (Å²) < 4.78 is 33.2. The third kappa shape index (κ3) is 8.12. The van der Waals surface area contributed by atoms with Crippen LogP contribution in [0.2, 0.25) is 0 Å². The van der Waals surface area contributed by atoms with Gasteiger partial charge >= 0.3 is 6.09 Å². The summed E-state index contributed by atoms with van der Waals surface area (Å²) >= 11 is 0. The Bertz CT molecular complexity index is 649. The quantitative estimate of drug-likeness (QED) is 0.601. The number of carbonyl (C=O) groups excluding carboxylic acids is 1. The summed E-state index contributed by atoms with van der Waals surface area (Å²) in [5.41, 5.74) is 0.255. The van der Waals surface area contributed by atoms with Gasteiger partial charge in [-0.1, -0.05) is 36.4 Å². The van der Waals surface area contributed by atoms with E-state index >= 15 is 0 Å². The highest BCUT2D eigenvalue weighted by Crippen LogP contribution is 2.13. The highest BCUT2D eigenvalue weighted by atomic mass is 32.2. The van der Waals surface area contributed by atoms with Crippen molar-refractivity contribution in [1.29, 1.82) is 0 Å². The molecular weight excluding hydrogens is 330 g/mol. The van der Waals surface area contributed by atoms with Gasteiger partial charge in [-0.3, -0.25) is 4.18 Å². The van der Waals surface area contributed by atoms with E-state index in [4.69, 9.17) is 8.92 Å². The smallest absolute Gasteiger partial charge is 0.407 e. The standard InChI is InChI=1S/C17H25NO5S/c1-6-15(23-24(5,20)21)14(12-13-10-8-7-9-11-13)18-16(19)22-17(2,3)4/h6-11,14-15H,1,12H2,2-5H3,(H,18,19)/t14-,15-/m0/s1. The maximum absolute atomic E-state index is 12.1. The number of benzene rings is 1. The highest BCUT2D eigenvalue weighted by Gasteiger charge is 2.27. The molecule has 0 spiro atoms. The molecule has 0 radical (unpaired) electrons. The van der Waals surface area contributed by atoms with Crippen LogP contribution >= 0.6 is 0 Å². The number of hydrogen-bond acceptors (Lipinski definition) is 5. The zero-order valence-corrected chi connectivity index (χ0v) is 15.3. The van der Waals surface area contributed by atoms with Gasteiger partial charge in [0.25, 0.3) is 10.1 Å². The zero-order chi connectivity index (χ0) is 18.4. The minimum atomic E-state index is -3.71. The molecule has 0 unspecified atom stereocenters. The molecule has 0 aliphatic rings. The summed E-state index contributed by atoms with van der Waals surface area (Å²) in [5, 5.41) is 2.67. The van der Waals surface area contributed by atoms with Gasteiger partial charge in [0.2, 0.25) is 0 Å². The van der Waals surface area contributed by atoms with E-state index in [1.54, 1.807) is 20.8 Å². The number of rotatable bonds is 7. The van der Waals surface area contributed by atoms with Gasteiger partial charge in [0.1, 0.15) is 11.7 Å². The molecule has 1 rings (SSSR count). The summed E-state index contributed by atoms with van der Waals surface area (Å²) in [6.07, 6.45) is 1.12. The lowest BCUT2D eigenvalue weighted by Gasteiger charge is -2.27. The number of amides is 1. The van der Waals surface area contributed by atoms with Crippen molar-refractivity contribution < 1.29 is 22.1 Å². The highest BCUT2D eigenvalue weighted by molar-refractivity contribution is 7.86. The first kappa shape index (κ1) is 20.2. The number of nitrogens with one attached hydrogen (secondary N) is 1. The van der Waals surface area contributed by atoms with Gasteiger partial charge in [-0.2, -0.15) is 8.42 Å². The first-order chi connectivity index (χ1) is 11.0. The molecule has 0 aliphatic heterocycles. The Morgan fingerprint density at radius 2 is 1.88 bits per heavy atom. The van der Waals surface area contributed by atoms with Crippen molar-refractivity contribution >= 4 is 16.2 Å². The van der Waals surface area contributed by atoms with Crippen molar-refractivity contribution in [2.75, 3.05) is 6.26 Å².